The second-order valence-corrected chi connectivity index (χ2v) is 5.27. The van der Waals surface area contributed by atoms with Crippen LogP contribution in [0.3, 0.4) is 0 Å². The number of piperidine rings is 1. The molecule has 0 unspecified atom stereocenters. The summed E-state index contributed by atoms with van der Waals surface area (Å²) in [5.74, 6) is 0.489. The fourth-order valence-corrected chi connectivity index (χ4v) is 2.89. The molecule has 1 N–H and O–H groups in total. The lowest BCUT2D eigenvalue weighted by atomic mass is 9.86. The molecule has 2 aliphatic rings. The van der Waals surface area contributed by atoms with Gasteiger partial charge in [0.15, 0.2) is 0 Å². The van der Waals surface area contributed by atoms with E-state index in [1.165, 1.54) is 0 Å². The zero-order valence-electron chi connectivity index (χ0n) is 10.6. The molecule has 17 heavy (non-hydrogen) atoms. The molecule has 0 atom stereocenters. The maximum Gasteiger partial charge on any atom is 0.225 e. The number of methoxy groups -OCH3 is 1. The van der Waals surface area contributed by atoms with Crippen LogP contribution in [0, 0.1) is 5.92 Å². The average molecular weight is 241 g/mol. The number of aliphatic hydroxyl groups is 1. The molecule has 0 aromatic heterocycles. The van der Waals surface area contributed by atoms with Gasteiger partial charge in [-0.1, -0.05) is 0 Å². The first kappa shape index (κ1) is 12.8. The molecule has 4 nitrogen and oxygen atoms in total. The van der Waals surface area contributed by atoms with Gasteiger partial charge in [0.1, 0.15) is 0 Å². The van der Waals surface area contributed by atoms with Gasteiger partial charge in [-0.15, -0.1) is 0 Å². The molecule has 98 valence electrons. The fraction of sp³-hybridized carbons (Fsp3) is 0.923. The second kappa shape index (κ2) is 5.83. The second-order valence-electron chi connectivity index (χ2n) is 5.27. The van der Waals surface area contributed by atoms with Crippen molar-refractivity contribution in [3.05, 3.63) is 0 Å². The maximum atomic E-state index is 12.3. The van der Waals surface area contributed by atoms with Gasteiger partial charge in [0, 0.05) is 26.1 Å². The minimum Gasteiger partial charge on any atom is -0.393 e. The SMILES string of the molecule is COC1CCC(C(=O)N2CCC(O)CC2)CC1. The summed E-state index contributed by atoms with van der Waals surface area (Å²) in [6.45, 7) is 1.45. The van der Waals surface area contributed by atoms with E-state index in [0.717, 1.165) is 51.6 Å². The molecule has 2 rings (SSSR count). The first-order valence-corrected chi connectivity index (χ1v) is 6.70. The summed E-state index contributed by atoms with van der Waals surface area (Å²) in [6.07, 6.45) is 5.53. The largest absolute Gasteiger partial charge is 0.393 e. The van der Waals surface area contributed by atoms with Crippen molar-refractivity contribution in [2.45, 2.75) is 50.7 Å². The highest BCUT2D eigenvalue weighted by molar-refractivity contribution is 5.79. The van der Waals surface area contributed by atoms with E-state index >= 15 is 0 Å². The smallest absolute Gasteiger partial charge is 0.225 e. The molecular weight excluding hydrogens is 218 g/mol. The molecule has 1 saturated carbocycles. The Bertz CT molecular complexity index is 253. The molecular formula is C13H23NO3. The maximum absolute atomic E-state index is 12.3. The van der Waals surface area contributed by atoms with Crippen LogP contribution < -0.4 is 0 Å². The van der Waals surface area contributed by atoms with Gasteiger partial charge in [0.25, 0.3) is 0 Å². The van der Waals surface area contributed by atoms with E-state index in [9.17, 15) is 9.90 Å². The fourth-order valence-electron chi connectivity index (χ4n) is 2.89. The molecule has 1 saturated heterocycles. The lowest BCUT2D eigenvalue weighted by molar-refractivity contribution is -0.139. The Kier molecular flexibility index (Phi) is 4.40. The monoisotopic (exact) mass is 241 g/mol. The van der Waals surface area contributed by atoms with Crippen molar-refractivity contribution < 1.29 is 14.6 Å². The van der Waals surface area contributed by atoms with Gasteiger partial charge in [-0.2, -0.15) is 0 Å². The Morgan fingerprint density at radius 1 is 1.12 bits per heavy atom. The predicted octanol–water partition coefficient (Wildman–Crippen LogP) is 1.17. The Labute approximate surface area is 103 Å². The Hall–Kier alpha value is -0.610. The molecule has 0 aromatic rings. The number of carbonyl (C=O) groups is 1. The third-order valence-electron chi connectivity index (χ3n) is 4.13. The Morgan fingerprint density at radius 3 is 2.24 bits per heavy atom. The standard InChI is InChI=1S/C13H23NO3/c1-17-12-4-2-10(3-5-12)13(16)14-8-6-11(15)7-9-14/h10-12,15H,2-9H2,1H3. The zero-order chi connectivity index (χ0) is 12.3. The van der Waals surface area contributed by atoms with Crippen LogP contribution in [0.4, 0.5) is 0 Å². The quantitative estimate of drug-likeness (QED) is 0.789. The average Bonchev–Trinajstić information content (AvgIpc) is 2.39. The van der Waals surface area contributed by atoms with Crippen LogP contribution in [0.1, 0.15) is 38.5 Å². The first-order valence-electron chi connectivity index (χ1n) is 6.70. The number of rotatable bonds is 2. The van der Waals surface area contributed by atoms with Gasteiger partial charge in [0.2, 0.25) is 5.91 Å². The van der Waals surface area contributed by atoms with Crippen molar-refractivity contribution in [3.63, 3.8) is 0 Å². The van der Waals surface area contributed by atoms with Crippen LogP contribution in [0.25, 0.3) is 0 Å². The summed E-state index contributed by atoms with van der Waals surface area (Å²) >= 11 is 0. The van der Waals surface area contributed by atoms with Gasteiger partial charge >= 0.3 is 0 Å². The van der Waals surface area contributed by atoms with Crippen molar-refractivity contribution in [1.82, 2.24) is 4.90 Å². The van der Waals surface area contributed by atoms with Crippen LogP contribution in [0.15, 0.2) is 0 Å². The van der Waals surface area contributed by atoms with Crippen LogP contribution in [0.2, 0.25) is 0 Å². The molecule has 4 heteroatoms. The molecule has 1 heterocycles. The van der Waals surface area contributed by atoms with Crippen molar-refractivity contribution in [3.8, 4) is 0 Å². The normalized spacial score (nSPS) is 31.5. The number of nitrogens with zero attached hydrogens (tertiary/aromatic N) is 1. The van der Waals surface area contributed by atoms with E-state index in [-0.39, 0.29) is 12.0 Å². The number of hydrogen-bond acceptors (Lipinski definition) is 3. The molecule has 0 aromatic carbocycles. The van der Waals surface area contributed by atoms with Gasteiger partial charge in [0.05, 0.1) is 12.2 Å². The van der Waals surface area contributed by atoms with E-state index in [1.54, 1.807) is 7.11 Å². The Balaban J connectivity index is 1.80. The van der Waals surface area contributed by atoms with Gasteiger partial charge in [-0.05, 0) is 38.5 Å². The minimum atomic E-state index is -0.205. The summed E-state index contributed by atoms with van der Waals surface area (Å²) in [5.41, 5.74) is 0. The summed E-state index contributed by atoms with van der Waals surface area (Å²) in [7, 11) is 1.75. The number of ether oxygens (including phenoxy) is 1. The minimum absolute atomic E-state index is 0.191. The topological polar surface area (TPSA) is 49.8 Å². The third kappa shape index (κ3) is 3.19. The first-order chi connectivity index (χ1) is 8.20. The van der Waals surface area contributed by atoms with E-state index in [1.807, 2.05) is 4.90 Å². The number of amides is 1. The number of hydrogen-bond donors (Lipinski definition) is 1. The Morgan fingerprint density at radius 2 is 1.71 bits per heavy atom. The number of likely N-dealkylation sites (tertiary alicyclic amines) is 1. The van der Waals surface area contributed by atoms with Gasteiger partial charge in [-0.3, -0.25) is 4.79 Å². The van der Waals surface area contributed by atoms with Crippen LogP contribution in [0.5, 0.6) is 0 Å². The molecule has 0 spiro atoms. The molecule has 0 bridgehead atoms. The molecule has 1 amide bonds. The van der Waals surface area contributed by atoms with E-state index in [4.69, 9.17) is 4.74 Å². The number of aliphatic hydroxyl groups excluding tert-OH is 1. The van der Waals surface area contributed by atoms with E-state index in [0.29, 0.717) is 12.0 Å². The third-order valence-corrected chi connectivity index (χ3v) is 4.13. The van der Waals surface area contributed by atoms with E-state index in [2.05, 4.69) is 0 Å². The summed E-state index contributed by atoms with van der Waals surface area (Å²) in [4.78, 5) is 14.2. The van der Waals surface area contributed by atoms with Crippen molar-refractivity contribution in [1.29, 1.82) is 0 Å². The lowest BCUT2D eigenvalue weighted by Crippen LogP contribution is -2.44. The van der Waals surface area contributed by atoms with Crippen LogP contribution >= 0.6 is 0 Å². The molecule has 1 aliphatic carbocycles. The predicted molar refractivity (Wildman–Crippen MR) is 64.6 cm³/mol. The van der Waals surface area contributed by atoms with Crippen molar-refractivity contribution >= 4 is 5.91 Å². The molecule has 0 radical (unpaired) electrons. The summed E-state index contributed by atoms with van der Waals surface area (Å²) < 4.78 is 5.32. The van der Waals surface area contributed by atoms with Crippen molar-refractivity contribution in [2.75, 3.05) is 20.2 Å². The molecule has 1 aliphatic heterocycles. The van der Waals surface area contributed by atoms with E-state index < -0.39 is 0 Å². The summed E-state index contributed by atoms with van der Waals surface area (Å²) in [6, 6.07) is 0. The van der Waals surface area contributed by atoms with Gasteiger partial charge < -0.3 is 14.7 Å². The summed E-state index contributed by atoms with van der Waals surface area (Å²) in [5, 5.41) is 9.43. The highest BCUT2D eigenvalue weighted by Crippen LogP contribution is 2.28. The molecule has 2 fully saturated rings. The van der Waals surface area contributed by atoms with Crippen LogP contribution in [-0.4, -0.2) is 48.3 Å². The van der Waals surface area contributed by atoms with Gasteiger partial charge in [-0.25, -0.2) is 0 Å². The lowest BCUT2D eigenvalue weighted by Gasteiger charge is -2.34. The zero-order valence-corrected chi connectivity index (χ0v) is 10.6. The van der Waals surface area contributed by atoms with Crippen molar-refractivity contribution in [2.24, 2.45) is 5.92 Å². The van der Waals surface area contributed by atoms with Crippen LogP contribution in [-0.2, 0) is 9.53 Å². The highest BCUT2D eigenvalue weighted by atomic mass is 16.5. The number of carbonyl (C=O) groups excluding carboxylic acids is 1. The highest BCUT2D eigenvalue weighted by Gasteiger charge is 2.30.